The fraction of sp³-hybridized carbons (Fsp3) is 0.0833. The highest BCUT2D eigenvalue weighted by Crippen LogP contribution is 2.26. The van der Waals surface area contributed by atoms with E-state index in [9.17, 15) is 0 Å². The van der Waals surface area contributed by atoms with Crippen LogP contribution in [0.2, 0.25) is 0 Å². The van der Waals surface area contributed by atoms with Gasteiger partial charge in [-0.2, -0.15) is 0 Å². The molecular weight excluding hydrogens is 174 g/mol. The summed E-state index contributed by atoms with van der Waals surface area (Å²) in [5, 5.41) is 0. The van der Waals surface area contributed by atoms with Crippen molar-refractivity contribution in [2.24, 2.45) is 0 Å². The van der Waals surface area contributed by atoms with Crippen LogP contribution in [-0.2, 0) is 0 Å². The normalized spacial score (nSPS) is 9.79. The molecule has 1 heterocycles. The fourth-order valence-electron chi connectivity index (χ4n) is 1.32. The lowest BCUT2D eigenvalue weighted by Gasteiger charge is -2.05. The van der Waals surface area contributed by atoms with Gasteiger partial charge in [-0.15, -0.1) is 0 Å². The first-order chi connectivity index (χ1) is 6.92. The maximum atomic E-state index is 5.21. The standard InChI is InChI=1S/C12H10NO/c1-14-11-8-5-9-13-12(11)10-6-3-2-4-7-10/h2-4,6-9H,1H3. The van der Waals surface area contributed by atoms with Crippen LogP contribution in [0.25, 0.3) is 11.3 Å². The first kappa shape index (κ1) is 8.75. The van der Waals surface area contributed by atoms with Crippen LogP contribution in [-0.4, -0.2) is 12.1 Å². The van der Waals surface area contributed by atoms with Crippen LogP contribution in [0.15, 0.2) is 42.6 Å². The largest absolute Gasteiger partial charge is 0.494 e. The Morgan fingerprint density at radius 2 is 2.00 bits per heavy atom. The Morgan fingerprint density at radius 3 is 2.71 bits per heavy atom. The lowest BCUT2D eigenvalue weighted by atomic mass is 10.1. The van der Waals surface area contributed by atoms with Crippen LogP contribution in [0, 0.1) is 6.07 Å². The highest BCUT2D eigenvalue weighted by molar-refractivity contribution is 5.65. The number of hydrogen-bond acceptors (Lipinski definition) is 2. The lowest BCUT2D eigenvalue weighted by Crippen LogP contribution is -1.90. The van der Waals surface area contributed by atoms with Crippen LogP contribution in [0.5, 0.6) is 5.75 Å². The van der Waals surface area contributed by atoms with Crippen molar-refractivity contribution in [2.75, 3.05) is 7.11 Å². The second-order valence-electron chi connectivity index (χ2n) is 2.85. The van der Waals surface area contributed by atoms with Crippen LogP contribution in [0.3, 0.4) is 0 Å². The molecule has 0 aliphatic rings. The summed E-state index contributed by atoms with van der Waals surface area (Å²) in [5.41, 5.74) is 1.91. The molecule has 1 aromatic heterocycles. The Morgan fingerprint density at radius 1 is 1.21 bits per heavy atom. The molecule has 14 heavy (non-hydrogen) atoms. The van der Waals surface area contributed by atoms with E-state index in [4.69, 9.17) is 4.74 Å². The maximum absolute atomic E-state index is 5.21. The molecule has 0 N–H and O–H groups in total. The Bertz CT molecular complexity index is 412. The Kier molecular flexibility index (Phi) is 2.45. The zero-order valence-electron chi connectivity index (χ0n) is 7.90. The van der Waals surface area contributed by atoms with Crippen molar-refractivity contribution in [1.29, 1.82) is 0 Å². The fourth-order valence-corrected chi connectivity index (χ4v) is 1.32. The van der Waals surface area contributed by atoms with E-state index in [1.54, 1.807) is 19.4 Å². The topological polar surface area (TPSA) is 22.1 Å². The van der Waals surface area contributed by atoms with Crippen LogP contribution < -0.4 is 4.74 Å². The summed E-state index contributed by atoms with van der Waals surface area (Å²) in [4.78, 5) is 4.24. The molecule has 0 spiro atoms. The molecule has 0 saturated heterocycles. The van der Waals surface area contributed by atoms with Crippen molar-refractivity contribution in [3.8, 4) is 17.0 Å². The van der Waals surface area contributed by atoms with Gasteiger partial charge < -0.3 is 4.74 Å². The van der Waals surface area contributed by atoms with E-state index in [2.05, 4.69) is 11.1 Å². The van der Waals surface area contributed by atoms with E-state index in [1.165, 1.54) is 0 Å². The van der Waals surface area contributed by atoms with Gasteiger partial charge in [-0.05, 0) is 6.07 Å². The van der Waals surface area contributed by atoms with Crippen LogP contribution in [0.4, 0.5) is 0 Å². The first-order valence-corrected chi connectivity index (χ1v) is 4.37. The first-order valence-electron chi connectivity index (χ1n) is 4.37. The molecule has 0 amide bonds. The predicted octanol–water partition coefficient (Wildman–Crippen LogP) is 2.56. The summed E-state index contributed by atoms with van der Waals surface area (Å²) in [6.45, 7) is 0. The molecule has 2 nitrogen and oxygen atoms in total. The molecule has 0 aliphatic carbocycles. The Hall–Kier alpha value is -1.83. The van der Waals surface area contributed by atoms with E-state index in [-0.39, 0.29) is 0 Å². The summed E-state index contributed by atoms with van der Waals surface area (Å²) in [6, 6.07) is 14.6. The average molecular weight is 184 g/mol. The summed E-state index contributed by atoms with van der Waals surface area (Å²) in [7, 11) is 1.64. The molecule has 0 unspecified atom stereocenters. The van der Waals surface area contributed by atoms with E-state index in [0.29, 0.717) is 0 Å². The zero-order valence-corrected chi connectivity index (χ0v) is 7.90. The monoisotopic (exact) mass is 184 g/mol. The highest BCUT2D eigenvalue weighted by Gasteiger charge is 2.04. The van der Waals surface area contributed by atoms with Crippen molar-refractivity contribution in [1.82, 2.24) is 4.98 Å². The molecule has 1 radical (unpaired) electrons. The highest BCUT2D eigenvalue weighted by atomic mass is 16.5. The van der Waals surface area contributed by atoms with Crippen molar-refractivity contribution >= 4 is 0 Å². The molecule has 1 aromatic carbocycles. The van der Waals surface area contributed by atoms with E-state index in [0.717, 1.165) is 17.0 Å². The third-order valence-electron chi connectivity index (χ3n) is 1.98. The molecule has 2 rings (SSSR count). The SMILES string of the molecule is COc1c[c]cnc1-c1ccccc1. The second-order valence-corrected chi connectivity index (χ2v) is 2.85. The van der Waals surface area contributed by atoms with Crippen molar-refractivity contribution in [3.63, 3.8) is 0 Å². The molecule has 2 aromatic rings. The number of nitrogens with zero attached hydrogens (tertiary/aromatic N) is 1. The minimum atomic E-state index is 0.749. The van der Waals surface area contributed by atoms with Gasteiger partial charge in [0.2, 0.25) is 0 Å². The molecule has 0 saturated carbocycles. The van der Waals surface area contributed by atoms with Gasteiger partial charge in [-0.1, -0.05) is 30.3 Å². The van der Waals surface area contributed by atoms with Gasteiger partial charge in [0.25, 0.3) is 0 Å². The summed E-state index contributed by atoms with van der Waals surface area (Å²) < 4.78 is 5.21. The number of rotatable bonds is 2. The molecular formula is C12H10NO. The Balaban J connectivity index is 2.51. The van der Waals surface area contributed by atoms with E-state index in [1.807, 2.05) is 30.3 Å². The number of benzene rings is 1. The number of hydrogen-bond donors (Lipinski definition) is 0. The van der Waals surface area contributed by atoms with Gasteiger partial charge in [0, 0.05) is 17.8 Å². The minimum Gasteiger partial charge on any atom is -0.494 e. The minimum absolute atomic E-state index is 0.749. The van der Waals surface area contributed by atoms with E-state index < -0.39 is 0 Å². The number of pyridine rings is 1. The van der Waals surface area contributed by atoms with E-state index >= 15 is 0 Å². The molecule has 0 atom stereocenters. The number of ether oxygens (including phenoxy) is 1. The van der Waals surface area contributed by atoms with Gasteiger partial charge in [0.15, 0.2) is 0 Å². The molecule has 69 valence electrons. The third kappa shape index (κ3) is 1.59. The third-order valence-corrected chi connectivity index (χ3v) is 1.98. The second kappa shape index (κ2) is 3.92. The molecule has 0 aliphatic heterocycles. The van der Waals surface area contributed by atoms with Crippen molar-refractivity contribution in [3.05, 3.63) is 48.7 Å². The predicted molar refractivity (Wildman–Crippen MR) is 55.1 cm³/mol. The molecule has 2 heteroatoms. The average Bonchev–Trinajstić information content (AvgIpc) is 2.30. The lowest BCUT2D eigenvalue weighted by molar-refractivity contribution is 0.414. The number of methoxy groups -OCH3 is 1. The van der Waals surface area contributed by atoms with Crippen LogP contribution >= 0.6 is 0 Å². The number of aromatic nitrogens is 1. The van der Waals surface area contributed by atoms with Crippen LogP contribution in [0.1, 0.15) is 0 Å². The van der Waals surface area contributed by atoms with Gasteiger partial charge >= 0.3 is 0 Å². The van der Waals surface area contributed by atoms with Crippen molar-refractivity contribution < 1.29 is 4.74 Å². The van der Waals surface area contributed by atoms with Gasteiger partial charge in [-0.25, -0.2) is 0 Å². The quantitative estimate of drug-likeness (QED) is 0.715. The van der Waals surface area contributed by atoms with Gasteiger partial charge in [-0.3, -0.25) is 4.98 Å². The van der Waals surface area contributed by atoms with Gasteiger partial charge in [0.1, 0.15) is 11.4 Å². The summed E-state index contributed by atoms with van der Waals surface area (Å²) >= 11 is 0. The van der Waals surface area contributed by atoms with Gasteiger partial charge in [0.05, 0.1) is 7.11 Å². The summed E-state index contributed by atoms with van der Waals surface area (Å²) in [5.74, 6) is 0.749. The zero-order chi connectivity index (χ0) is 9.80. The smallest absolute Gasteiger partial charge is 0.145 e. The molecule has 0 fully saturated rings. The van der Waals surface area contributed by atoms with Crippen molar-refractivity contribution in [2.45, 2.75) is 0 Å². The summed E-state index contributed by atoms with van der Waals surface area (Å²) in [6.07, 6.45) is 1.64. The molecule has 0 bridgehead atoms. The Labute approximate surface area is 83.2 Å². The maximum Gasteiger partial charge on any atom is 0.145 e.